The third-order valence-corrected chi connectivity index (χ3v) is 2.96. The first-order valence-electron chi connectivity index (χ1n) is 5.43. The summed E-state index contributed by atoms with van der Waals surface area (Å²) in [6, 6.07) is 0.374. The standard InChI is InChI=1S/C10H20F3NS/c1-3-7-14-9(4-2)6-5-8-15-10(11,12)13/h9,14H,3-8H2,1-2H3. The van der Waals surface area contributed by atoms with Crippen molar-refractivity contribution in [3.05, 3.63) is 0 Å². The van der Waals surface area contributed by atoms with Crippen LogP contribution in [0.5, 0.6) is 0 Å². The second kappa shape index (κ2) is 8.28. The van der Waals surface area contributed by atoms with E-state index in [0.29, 0.717) is 12.5 Å². The minimum Gasteiger partial charge on any atom is -0.314 e. The van der Waals surface area contributed by atoms with Crippen molar-refractivity contribution >= 4 is 11.8 Å². The fraction of sp³-hybridized carbons (Fsp3) is 1.00. The molecular formula is C10H20F3NS. The van der Waals surface area contributed by atoms with Crippen LogP contribution < -0.4 is 5.32 Å². The Bertz CT molecular complexity index is 150. The van der Waals surface area contributed by atoms with Gasteiger partial charge in [0.2, 0.25) is 0 Å². The van der Waals surface area contributed by atoms with Crippen molar-refractivity contribution in [1.29, 1.82) is 0 Å². The van der Waals surface area contributed by atoms with E-state index in [4.69, 9.17) is 0 Å². The summed E-state index contributed by atoms with van der Waals surface area (Å²) in [5.41, 5.74) is -4.07. The molecule has 0 amide bonds. The molecule has 1 unspecified atom stereocenters. The molecule has 0 aliphatic heterocycles. The fourth-order valence-corrected chi connectivity index (χ4v) is 1.86. The first kappa shape index (κ1) is 15.1. The van der Waals surface area contributed by atoms with Gasteiger partial charge in [-0.1, -0.05) is 25.6 Å². The summed E-state index contributed by atoms with van der Waals surface area (Å²) in [6.07, 6.45) is 3.50. The summed E-state index contributed by atoms with van der Waals surface area (Å²) in [7, 11) is 0. The average molecular weight is 243 g/mol. The second-order valence-electron chi connectivity index (χ2n) is 3.50. The number of thioether (sulfide) groups is 1. The topological polar surface area (TPSA) is 12.0 Å². The van der Waals surface area contributed by atoms with Crippen LogP contribution in [-0.4, -0.2) is 23.8 Å². The summed E-state index contributed by atoms with van der Waals surface area (Å²) in [4.78, 5) is 0. The van der Waals surface area contributed by atoms with Crippen molar-refractivity contribution in [3.63, 3.8) is 0 Å². The van der Waals surface area contributed by atoms with E-state index in [1.807, 2.05) is 0 Å². The van der Waals surface area contributed by atoms with Gasteiger partial charge in [-0.2, -0.15) is 13.2 Å². The van der Waals surface area contributed by atoms with Gasteiger partial charge in [0.05, 0.1) is 0 Å². The first-order chi connectivity index (χ1) is 6.99. The Morgan fingerprint density at radius 3 is 2.40 bits per heavy atom. The summed E-state index contributed by atoms with van der Waals surface area (Å²) in [6.45, 7) is 5.09. The van der Waals surface area contributed by atoms with Gasteiger partial charge in [0.1, 0.15) is 0 Å². The van der Waals surface area contributed by atoms with Crippen LogP contribution in [0.4, 0.5) is 13.2 Å². The van der Waals surface area contributed by atoms with E-state index in [-0.39, 0.29) is 17.5 Å². The van der Waals surface area contributed by atoms with Crippen LogP contribution in [0.1, 0.15) is 39.5 Å². The highest BCUT2D eigenvalue weighted by Crippen LogP contribution is 2.30. The quantitative estimate of drug-likeness (QED) is 0.651. The molecule has 5 heteroatoms. The van der Waals surface area contributed by atoms with E-state index >= 15 is 0 Å². The molecule has 0 aromatic heterocycles. The van der Waals surface area contributed by atoms with Crippen molar-refractivity contribution in [2.45, 2.75) is 51.1 Å². The van der Waals surface area contributed by atoms with Gasteiger partial charge in [0, 0.05) is 11.8 Å². The Kier molecular flexibility index (Phi) is 8.33. The Morgan fingerprint density at radius 1 is 1.27 bits per heavy atom. The average Bonchev–Trinajstić information content (AvgIpc) is 2.15. The number of hydrogen-bond donors (Lipinski definition) is 1. The number of alkyl halides is 3. The van der Waals surface area contributed by atoms with Gasteiger partial charge in [0.15, 0.2) is 0 Å². The molecule has 1 atom stereocenters. The fourth-order valence-electron chi connectivity index (χ4n) is 1.32. The van der Waals surface area contributed by atoms with Gasteiger partial charge in [-0.3, -0.25) is 0 Å². The zero-order chi connectivity index (χ0) is 11.7. The highest BCUT2D eigenvalue weighted by atomic mass is 32.2. The first-order valence-corrected chi connectivity index (χ1v) is 6.42. The van der Waals surface area contributed by atoms with Crippen molar-refractivity contribution in [2.24, 2.45) is 0 Å². The van der Waals surface area contributed by atoms with Crippen molar-refractivity contribution in [2.75, 3.05) is 12.3 Å². The van der Waals surface area contributed by atoms with Gasteiger partial charge < -0.3 is 5.32 Å². The molecule has 0 fully saturated rings. The molecule has 1 nitrogen and oxygen atoms in total. The van der Waals surface area contributed by atoms with Gasteiger partial charge in [-0.05, 0) is 32.2 Å². The van der Waals surface area contributed by atoms with Crippen LogP contribution in [0.3, 0.4) is 0 Å². The molecule has 0 bridgehead atoms. The second-order valence-corrected chi connectivity index (χ2v) is 4.66. The predicted octanol–water partition coefficient (Wildman–Crippen LogP) is 3.80. The summed E-state index contributed by atoms with van der Waals surface area (Å²) >= 11 is 0.0821. The molecule has 0 heterocycles. The SMILES string of the molecule is CCCNC(CC)CCCSC(F)(F)F. The Morgan fingerprint density at radius 2 is 1.93 bits per heavy atom. The lowest BCUT2D eigenvalue weighted by molar-refractivity contribution is -0.0328. The maximum atomic E-state index is 11.8. The number of halogens is 3. The molecule has 0 rings (SSSR count). The Labute approximate surface area is 94.2 Å². The zero-order valence-corrected chi connectivity index (χ0v) is 10.2. The summed E-state index contributed by atoms with van der Waals surface area (Å²) < 4.78 is 35.4. The van der Waals surface area contributed by atoms with Crippen molar-refractivity contribution < 1.29 is 13.2 Å². The lowest BCUT2D eigenvalue weighted by Crippen LogP contribution is -2.29. The van der Waals surface area contributed by atoms with Crippen LogP contribution in [-0.2, 0) is 0 Å². The van der Waals surface area contributed by atoms with E-state index in [1.165, 1.54) is 0 Å². The third kappa shape index (κ3) is 10.4. The molecule has 15 heavy (non-hydrogen) atoms. The number of hydrogen-bond acceptors (Lipinski definition) is 2. The van der Waals surface area contributed by atoms with Crippen LogP contribution in [0.2, 0.25) is 0 Å². The zero-order valence-electron chi connectivity index (χ0n) is 9.36. The highest BCUT2D eigenvalue weighted by molar-refractivity contribution is 8.00. The molecule has 0 saturated carbocycles. The molecule has 1 N–H and O–H groups in total. The summed E-state index contributed by atoms with van der Waals surface area (Å²) in [5, 5.41) is 3.33. The van der Waals surface area contributed by atoms with Crippen molar-refractivity contribution in [3.8, 4) is 0 Å². The summed E-state index contributed by atoms with van der Waals surface area (Å²) in [5.74, 6) is 0.174. The molecule has 0 spiro atoms. The molecule has 0 saturated heterocycles. The molecule has 0 aliphatic carbocycles. The van der Waals surface area contributed by atoms with Crippen LogP contribution in [0, 0.1) is 0 Å². The van der Waals surface area contributed by atoms with E-state index in [0.717, 1.165) is 25.8 Å². The lowest BCUT2D eigenvalue weighted by Gasteiger charge is -2.16. The van der Waals surface area contributed by atoms with E-state index in [2.05, 4.69) is 19.2 Å². The molecule has 0 aromatic rings. The molecule has 0 aromatic carbocycles. The van der Waals surface area contributed by atoms with Gasteiger partial charge in [0.25, 0.3) is 0 Å². The van der Waals surface area contributed by atoms with Crippen molar-refractivity contribution in [1.82, 2.24) is 5.32 Å². The normalized spacial score (nSPS) is 14.2. The maximum absolute atomic E-state index is 11.8. The van der Waals surface area contributed by atoms with Gasteiger partial charge in [-0.25, -0.2) is 0 Å². The smallest absolute Gasteiger partial charge is 0.314 e. The van der Waals surface area contributed by atoms with Crippen LogP contribution in [0.15, 0.2) is 0 Å². The lowest BCUT2D eigenvalue weighted by atomic mass is 10.1. The van der Waals surface area contributed by atoms with Gasteiger partial charge in [-0.15, -0.1) is 0 Å². The van der Waals surface area contributed by atoms with E-state index in [1.54, 1.807) is 0 Å². The molecule has 0 radical (unpaired) electrons. The molecule has 0 aliphatic rings. The number of rotatable bonds is 8. The molecule has 92 valence electrons. The maximum Gasteiger partial charge on any atom is 0.441 e. The van der Waals surface area contributed by atoms with E-state index in [9.17, 15) is 13.2 Å². The van der Waals surface area contributed by atoms with E-state index < -0.39 is 5.51 Å². The largest absolute Gasteiger partial charge is 0.441 e. The Hall–Kier alpha value is 0.100. The minimum absolute atomic E-state index is 0.0821. The van der Waals surface area contributed by atoms with Crippen LogP contribution in [0.25, 0.3) is 0 Å². The predicted molar refractivity (Wildman–Crippen MR) is 60.1 cm³/mol. The minimum atomic E-state index is -4.07. The monoisotopic (exact) mass is 243 g/mol. The van der Waals surface area contributed by atoms with Crippen LogP contribution >= 0.6 is 11.8 Å². The highest BCUT2D eigenvalue weighted by Gasteiger charge is 2.27. The molecular weight excluding hydrogens is 223 g/mol. The Balaban J connectivity index is 3.46. The number of nitrogens with one attached hydrogen (secondary N) is 1. The van der Waals surface area contributed by atoms with Gasteiger partial charge >= 0.3 is 5.51 Å². The third-order valence-electron chi connectivity index (χ3n) is 2.14.